The van der Waals surface area contributed by atoms with Gasteiger partial charge in [-0.25, -0.2) is 0 Å². The van der Waals surface area contributed by atoms with Crippen molar-refractivity contribution in [3.8, 4) is 17.9 Å². The summed E-state index contributed by atoms with van der Waals surface area (Å²) < 4.78 is 7.88. The summed E-state index contributed by atoms with van der Waals surface area (Å²) in [5, 5.41) is 11.3. The number of ether oxygens (including phenoxy) is 1. The van der Waals surface area contributed by atoms with Crippen LogP contribution in [0.2, 0.25) is 0 Å². The Morgan fingerprint density at radius 1 is 1.14 bits per heavy atom. The molecule has 2 fully saturated rings. The first kappa shape index (κ1) is 23.2. The maximum absolute atomic E-state index is 13.8. The highest BCUT2D eigenvalue weighted by molar-refractivity contribution is 6.08. The van der Waals surface area contributed by atoms with Crippen LogP contribution < -0.4 is 4.90 Å². The van der Waals surface area contributed by atoms with E-state index in [1.54, 1.807) is 18.9 Å². The van der Waals surface area contributed by atoms with E-state index in [-0.39, 0.29) is 17.4 Å². The molecule has 0 bridgehead atoms. The van der Waals surface area contributed by atoms with E-state index in [2.05, 4.69) is 50.0 Å². The number of hydrogen-bond donors (Lipinski definition) is 0. The summed E-state index contributed by atoms with van der Waals surface area (Å²) in [6, 6.07) is 20.5. The lowest BCUT2D eigenvalue weighted by molar-refractivity contribution is -0.0592. The van der Waals surface area contributed by atoms with Crippen molar-refractivity contribution in [2.45, 2.75) is 57.1 Å². The van der Waals surface area contributed by atoms with Gasteiger partial charge in [0.15, 0.2) is 0 Å². The number of nitriles is 1. The Balaban J connectivity index is 1.63. The molecule has 1 aliphatic carbocycles. The van der Waals surface area contributed by atoms with Crippen molar-refractivity contribution in [3.05, 3.63) is 65.9 Å². The molecule has 5 nitrogen and oxygen atoms in total. The molecular weight excluding hydrogens is 434 g/mol. The average Bonchev–Trinajstić information content (AvgIpc) is 3.42. The van der Waals surface area contributed by atoms with Gasteiger partial charge in [0.05, 0.1) is 23.1 Å². The molecular formula is C30H31N3O2. The summed E-state index contributed by atoms with van der Waals surface area (Å²) >= 11 is 0. The zero-order valence-electron chi connectivity index (χ0n) is 20.8. The van der Waals surface area contributed by atoms with Crippen molar-refractivity contribution in [1.29, 1.82) is 5.26 Å². The predicted octanol–water partition coefficient (Wildman–Crippen LogP) is 5.85. The highest BCUT2D eigenvalue weighted by Crippen LogP contribution is 2.52. The van der Waals surface area contributed by atoms with Crippen molar-refractivity contribution in [2.24, 2.45) is 5.92 Å². The molecule has 178 valence electrons. The molecule has 1 aromatic heterocycles. The fourth-order valence-electron chi connectivity index (χ4n) is 5.55. The van der Waals surface area contributed by atoms with Crippen LogP contribution >= 0.6 is 0 Å². The monoisotopic (exact) mass is 465 g/mol. The van der Waals surface area contributed by atoms with Gasteiger partial charge < -0.3 is 14.2 Å². The fourth-order valence-corrected chi connectivity index (χ4v) is 5.55. The van der Waals surface area contributed by atoms with Crippen molar-refractivity contribution >= 4 is 22.5 Å². The van der Waals surface area contributed by atoms with E-state index >= 15 is 0 Å². The average molecular weight is 466 g/mol. The van der Waals surface area contributed by atoms with E-state index in [9.17, 15) is 10.1 Å². The lowest BCUT2D eigenvalue weighted by Gasteiger charge is -2.35. The van der Waals surface area contributed by atoms with Gasteiger partial charge >= 0.3 is 0 Å². The Morgan fingerprint density at radius 3 is 2.60 bits per heavy atom. The molecule has 0 radical (unpaired) electrons. The van der Waals surface area contributed by atoms with Crippen LogP contribution in [0, 0.1) is 29.1 Å². The summed E-state index contributed by atoms with van der Waals surface area (Å²) in [6.07, 6.45) is 2.56. The van der Waals surface area contributed by atoms with Gasteiger partial charge in [-0.15, -0.1) is 5.92 Å². The summed E-state index contributed by atoms with van der Waals surface area (Å²) in [5.74, 6) is 6.33. The first-order chi connectivity index (χ1) is 16.8. The van der Waals surface area contributed by atoms with Gasteiger partial charge in [-0.05, 0) is 75.4 Å². The van der Waals surface area contributed by atoms with Gasteiger partial charge in [0.25, 0.3) is 5.91 Å². The van der Waals surface area contributed by atoms with Gasteiger partial charge in [-0.2, -0.15) is 5.26 Å². The summed E-state index contributed by atoms with van der Waals surface area (Å²) in [6.45, 7) is 6.83. The van der Waals surface area contributed by atoms with Gasteiger partial charge in [0, 0.05) is 31.1 Å². The molecule has 5 heteroatoms. The number of carbonyl (C=O) groups excluding carboxylic acids is 1. The molecule has 35 heavy (non-hydrogen) atoms. The molecule has 2 heterocycles. The van der Waals surface area contributed by atoms with Crippen LogP contribution in [-0.4, -0.2) is 29.7 Å². The zero-order valence-corrected chi connectivity index (χ0v) is 20.8. The number of carbonyl (C=O) groups is 1. The van der Waals surface area contributed by atoms with E-state index in [1.165, 1.54) is 5.56 Å². The second kappa shape index (κ2) is 8.59. The van der Waals surface area contributed by atoms with Crippen LogP contribution in [0.25, 0.3) is 10.9 Å². The Bertz CT molecular complexity index is 1390. The summed E-state index contributed by atoms with van der Waals surface area (Å²) in [7, 11) is 1.78. The molecule has 2 unspecified atom stereocenters. The van der Waals surface area contributed by atoms with E-state index in [1.807, 2.05) is 41.0 Å². The van der Waals surface area contributed by atoms with Crippen LogP contribution in [0.4, 0.5) is 5.69 Å². The maximum Gasteiger partial charge on any atom is 0.274 e. The fraction of sp³-hybridized carbons (Fsp3) is 0.400. The van der Waals surface area contributed by atoms with Crippen molar-refractivity contribution in [2.75, 3.05) is 18.6 Å². The molecule has 3 atom stereocenters. The molecule has 3 aromatic rings. The second-order valence-electron chi connectivity index (χ2n) is 10.4. The van der Waals surface area contributed by atoms with Gasteiger partial charge in [0.1, 0.15) is 11.2 Å². The molecule has 5 rings (SSSR count). The number of aromatic nitrogens is 1. The molecule has 2 aliphatic rings. The molecule has 1 aliphatic heterocycles. The number of benzene rings is 2. The van der Waals surface area contributed by atoms with Gasteiger partial charge in [-0.1, -0.05) is 30.2 Å². The maximum atomic E-state index is 13.8. The molecule has 0 N–H and O–H groups in total. The first-order valence-corrected chi connectivity index (χ1v) is 12.3. The standard InChI is InChI=1S/C30H31N3O2/c1-5-9-24-19-30(24,20-31)33-26-13-12-21(22-14-15-35-29(2,3)18-22)16-23(26)17-27(33)28(34)32(4)25-10-7-6-8-11-25/h6-8,10-13,16-17,22,24H,14-15,18-19H2,1-4H3/t22-,24?,30?/m0/s1. The van der Waals surface area contributed by atoms with Crippen LogP contribution in [-0.2, 0) is 10.3 Å². The number of para-hydroxylation sites is 1. The predicted molar refractivity (Wildman–Crippen MR) is 138 cm³/mol. The minimum Gasteiger partial charge on any atom is -0.376 e. The summed E-state index contributed by atoms with van der Waals surface area (Å²) in [4.78, 5) is 15.5. The van der Waals surface area contributed by atoms with Crippen LogP contribution in [0.1, 0.15) is 62.0 Å². The van der Waals surface area contributed by atoms with E-state index in [0.717, 1.165) is 36.0 Å². The lowest BCUT2D eigenvalue weighted by atomic mass is 9.83. The minimum atomic E-state index is -0.824. The number of rotatable bonds is 4. The molecule has 2 aromatic carbocycles. The van der Waals surface area contributed by atoms with E-state index in [0.29, 0.717) is 18.0 Å². The topological polar surface area (TPSA) is 58.3 Å². The minimum absolute atomic E-state index is 0.0855. The second-order valence-corrected chi connectivity index (χ2v) is 10.4. The van der Waals surface area contributed by atoms with Crippen LogP contribution in [0.3, 0.4) is 0 Å². The van der Waals surface area contributed by atoms with E-state index in [4.69, 9.17) is 4.74 Å². The normalized spacial score (nSPS) is 24.8. The Kier molecular flexibility index (Phi) is 5.70. The summed E-state index contributed by atoms with van der Waals surface area (Å²) in [5.41, 5.74) is 2.54. The highest BCUT2D eigenvalue weighted by atomic mass is 16.5. The van der Waals surface area contributed by atoms with Crippen molar-refractivity contribution < 1.29 is 9.53 Å². The number of amides is 1. The highest BCUT2D eigenvalue weighted by Gasteiger charge is 2.58. The number of hydrogen-bond acceptors (Lipinski definition) is 3. The van der Waals surface area contributed by atoms with Gasteiger partial charge in [-0.3, -0.25) is 4.79 Å². The van der Waals surface area contributed by atoms with Gasteiger partial charge in [0.2, 0.25) is 0 Å². The molecule has 1 amide bonds. The van der Waals surface area contributed by atoms with E-state index < -0.39 is 5.54 Å². The first-order valence-electron chi connectivity index (χ1n) is 12.3. The third-order valence-electron chi connectivity index (χ3n) is 7.50. The zero-order chi connectivity index (χ0) is 24.8. The third kappa shape index (κ3) is 4.01. The Morgan fingerprint density at radius 2 is 1.91 bits per heavy atom. The Labute approximate surface area is 207 Å². The largest absolute Gasteiger partial charge is 0.376 e. The van der Waals surface area contributed by atoms with Crippen LogP contribution in [0.5, 0.6) is 0 Å². The molecule has 0 spiro atoms. The third-order valence-corrected chi connectivity index (χ3v) is 7.50. The lowest BCUT2D eigenvalue weighted by Crippen LogP contribution is -2.33. The molecule has 1 saturated carbocycles. The smallest absolute Gasteiger partial charge is 0.274 e. The number of fused-ring (bicyclic) bond motifs is 1. The number of nitrogens with zero attached hydrogens (tertiary/aromatic N) is 3. The van der Waals surface area contributed by atoms with Crippen molar-refractivity contribution in [3.63, 3.8) is 0 Å². The number of anilines is 1. The van der Waals surface area contributed by atoms with Crippen LogP contribution in [0.15, 0.2) is 54.6 Å². The quantitative estimate of drug-likeness (QED) is 0.454. The molecule has 1 saturated heterocycles. The SMILES string of the molecule is CC#CC1CC1(C#N)n1c(C(=O)N(C)c2ccccc2)cc2cc([C@H]3CCOC(C)(C)C3)ccc21. The van der Waals surface area contributed by atoms with Crippen molar-refractivity contribution in [1.82, 2.24) is 4.57 Å². The Hall–Kier alpha value is -3.54.